The second-order valence-electron chi connectivity index (χ2n) is 9.03. The van der Waals surface area contributed by atoms with Gasteiger partial charge in [0.2, 0.25) is 0 Å². The van der Waals surface area contributed by atoms with Crippen molar-refractivity contribution in [3.63, 3.8) is 0 Å². The molecule has 174 valence electrons. The predicted molar refractivity (Wildman–Crippen MR) is 130 cm³/mol. The first-order valence-electron chi connectivity index (χ1n) is 11.7. The normalized spacial score (nSPS) is 10.8. The Morgan fingerprint density at radius 2 is 0.812 bits per heavy atom. The summed E-state index contributed by atoms with van der Waals surface area (Å²) in [6.07, 6.45) is 6.64. The van der Waals surface area contributed by atoms with E-state index in [0.29, 0.717) is 24.3 Å². The number of ether oxygens (including phenoxy) is 2. The first-order chi connectivity index (χ1) is 15.2. The molecule has 0 fully saturated rings. The van der Waals surface area contributed by atoms with Crippen LogP contribution in [0.5, 0.6) is 11.5 Å². The van der Waals surface area contributed by atoms with Crippen molar-refractivity contribution in [1.82, 2.24) is 0 Å². The molecule has 0 radical (unpaired) electrons. The summed E-state index contributed by atoms with van der Waals surface area (Å²) < 4.78 is 11.2. The van der Waals surface area contributed by atoms with E-state index in [1.807, 2.05) is 65.8 Å². The number of carbonyl (C=O) groups excluding carboxylic acids is 2. The number of carbonyl (C=O) groups is 2. The number of unbranched alkanes of at least 4 members (excludes halogenated alkanes) is 5. The van der Waals surface area contributed by atoms with Crippen molar-refractivity contribution < 1.29 is 19.1 Å². The van der Waals surface area contributed by atoms with Crippen molar-refractivity contribution in [2.24, 2.45) is 0 Å². The maximum atomic E-state index is 12.2. The molecule has 0 bridgehead atoms. The number of benzene rings is 2. The second-order valence-corrected chi connectivity index (χ2v) is 9.03. The molecule has 4 heteroatoms. The van der Waals surface area contributed by atoms with Gasteiger partial charge in [-0.3, -0.25) is 9.59 Å². The number of esters is 2. The van der Waals surface area contributed by atoms with E-state index in [4.69, 9.17) is 9.47 Å². The molecule has 0 heterocycles. The quantitative estimate of drug-likeness (QED) is 0.212. The first-order valence-corrected chi connectivity index (χ1v) is 11.7. The molecule has 0 atom stereocenters. The topological polar surface area (TPSA) is 52.6 Å². The van der Waals surface area contributed by atoms with Gasteiger partial charge >= 0.3 is 11.9 Å². The van der Waals surface area contributed by atoms with Gasteiger partial charge < -0.3 is 9.47 Å². The van der Waals surface area contributed by atoms with Gasteiger partial charge in [-0.25, -0.2) is 0 Å². The molecule has 0 saturated carbocycles. The molecule has 0 spiro atoms. The standard InChI is InChI=1S/C28H38O4/c1-19-15-21(3)27(22(4)16-19)31-25(29)13-11-9-7-8-10-12-14-26(30)32-28-23(5)17-20(2)18-24(28)6/h15-18H,7-14H2,1-6H3. The van der Waals surface area contributed by atoms with Crippen LogP contribution in [0, 0.1) is 41.5 Å². The van der Waals surface area contributed by atoms with Crippen LogP contribution in [0.2, 0.25) is 0 Å². The Hall–Kier alpha value is -2.62. The number of hydrogen-bond acceptors (Lipinski definition) is 4. The van der Waals surface area contributed by atoms with E-state index >= 15 is 0 Å². The summed E-state index contributed by atoms with van der Waals surface area (Å²) in [7, 11) is 0. The van der Waals surface area contributed by atoms with Gasteiger partial charge in [-0.2, -0.15) is 0 Å². The minimum Gasteiger partial charge on any atom is -0.426 e. The van der Waals surface area contributed by atoms with E-state index < -0.39 is 0 Å². The van der Waals surface area contributed by atoms with Crippen molar-refractivity contribution in [2.75, 3.05) is 0 Å². The molecular formula is C28H38O4. The molecule has 0 aliphatic heterocycles. The molecule has 0 amide bonds. The van der Waals surface area contributed by atoms with Gasteiger partial charge in [0.15, 0.2) is 0 Å². The third-order valence-electron chi connectivity index (χ3n) is 5.65. The Morgan fingerprint density at radius 1 is 0.531 bits per heavy atom. The van der Waals surface area contributed by atoms with E-state index in [-0.39, 0.29) is 11.9 Å². The van der Waals surface area contributed by atoms with E-state index in [1.54, 1.807) is 0 Å². The SMILES string of the molecule is Cc1cc(C)c(OC(=O)CCCCCCCCC(=O)Oc2c(C)cc(C)cc2C)c(C)c1. The van der Waals surface area contributed by atoms with Gasteiger partial charge in [0.05, 0.1) is 0 Å². The van der Waals surface area contributed by atoms with Gasteiger partial charge in [0.1, 0.15) is 11.5 Å². The molecule has 2 aromatic rings. The minimum absolute atomic E-state index is 0.163. The maximum Gasteiger partial charge on any atom is 0.311 e. The lowest BCUT2D eigenvalue weighted by atomic mass is 10.1. The third kappa shape index (κ3) is 8.14. The summed E-state index contributed by atoms with van der Waals surface area (Å²) >= 11 is 0. The molecule has 2 rings (SSSR count). The van der Waals surface area contributed by atoms with Crippen LogP contribution in [0.25, 0.3) is 0 Å². The molecule has 0 N–H and O–H groups in total. The van der Waals surface area contributed by atoms with Gasteiger partial charge in [0.25, 0.3) is 0 Å². The van der Waals surface area contributed by atoms with Crippen molar-refractivity contribution in [3.8, 4) is 11.5 Å². The van der Waals surface area contributed by atoms with Crippen LogP contribution < -0.4 is 9.47 Å². The fraction of sp³-hybridized carbons (Fsp3) is 0.500. The van der Waals surface area contributed by atoms with Crippen LogP contribution in [-0.4, -0.2) is 11.9 Å². The summed E-state index contributed by atoms with van der Waals surface area (Å²) in [5.41, 5.74) is 6.36. The number of hydrogen-bond donors (Lipinski definition) is 0. The van der Waals surface area contributed by atoms with E-state index in [0.717, 1.165) is 60.8 Å². The molecule has 0 unspecified atom stereocenters. The summed E-state index contributed by atoms with van der Waals surface area (Å²) in [5, 5.41) is 0. The summed E-state index contributed by atoms with van der Waals surface area (Å²) in [5.74, 6) is 1.07. The fourth-order valence-corrected chi connectivity index (χ4v) is 4.23. The average molecular weight is 439 g/mol. The van der Waals surface area contributed by atoms with Gasteiger partial charge in [-0.15, -0.1) is 0 Å². The molecular weight excluding hydrogens is 400 g/mol. The van der Waals surface area contributed by atoms with Gasteiger partial charge in [0, 0.05) is 12.8 Å². The van der Waals surface area contributed by atoms with Gasteiger partial charge in [-0.05, 0) is 76.6 Å². The van der Waals surface area contributed by atoms with Crippen LogP contribution in [0.3, 0.4) is 0 Å². The maximum absolute atomic E-state index is 12.2. The summed E-state index contributed by atoms with van der Waals surface area (Å²) in [4.78, 5) is 24.3. The highest BCUT2D eigenvalue weighted by Crippen LogP contribution is 2.26. The average Bonchev–Trinajstić information content (AvgIpc) is 2.69. The number of aryl methyl sites for hydroxylation is 6. The molecule has 4 nitrogen and oxygen atoms in total. The Morgan fingerprint density at radius 3 is 1.12 bits per heavy atom. The minimum atomic E-state index is -0.163. The predicted octanol–water partition coefficient (Wildman–Crippen LogP) is 7.17. The molecule has 0 saturated heterocycles. The van der Waals surface area contributed by atoms with Crippen molar-refractivity contribution in [1.29, 1.82) is 0 Å². The van der Waals surface area contributed by atoms with Gasteiger partial charge in [-0.1, -0.05) is 61.1 Å². The highest BCUT2D eigenvalue weighted by molar-refractivity contribution is 5.74. The molecule has 32 heavy (non-hydrogen) atoms. The Labute approximate surface area is 193 Å². The van der Waals surface area contributed by atoms with Crippen LogP contribution in [0.15, 0.2) is 24.3 Å². The smallest absolute Gasteiger partial charge is 0.311 e. The number of rotatable bonds is 11. The van der Waals surface area contributed by atoms with Crippen LogP contribution in [-0.2, 0) is 9.59 Å². The van der Waals surface area contributed by atoms with E-state index in [2.05, 4.69) is 0 Å². The summed E-state index contributed by atoms with van der Waals surface area (Å²) in [6.45, 7) is 12.0. The monoisotopic (exact) mass is 438 g/mol. The summed E-state index contributed by atoms with van der Waals surface area (Å²) in [6, 6.07) is 8.14. The lowest BCUT2D eigenvalue weighted by Gasteiger charge is -2.12. The van der Waals surface area contributed by atoms with Crippen LogP contribution in [0.1, 0.15) is 84.7 Å². The fourth-order valence-electron chi connectivity index (χ4n) is 4.23. The molecule has 0 aliphatic rings. The zero-order chi connectivity index (χ0) is 23.7. The molecule has 2 aromatic carbocycles. The highest BCUT2D eigenvalue weighted by Gasteiger charge is 2.12. The second kappa shape index (κ2) is 12.4. The lowest BCUT2D eigenvalue weighted by Crippen LogP contribution is -2.10. The van der Waals surface area contributed by atoms with E-state index in [9.17, 15) is 9.59 Å². The zero-order valence-electron chi connectivity index (χ0n) is 20.6. The Kier molecular flexibility index (Phi) is 9.96. The van der Waals surface area contributed by atoms with Crippen molar-refractivity contribution in [3.05, 3.63) is 57.6 Å². The Bertz CT molecular complexity index is 819. The van der Waals surface area contributed by atoms with Crippen molar-refractivity contribution in [2.45, 2.75) is 92.9 Å². The molecule has 0 aromatic heterocycles. The van der Waals surface area contributed by atoms with Crippen molar-refractivity contribution >= 4 is 11.9 Å². The lowest BCUT2D eigenvalue weighted by molar-refractivity contribution is -0.135. The molecule has 0 aliphatic carbocycles. The Balaban J connectivity index is 1.57. The van der Waals surface area contributed by atoms with Crippen LogP contribution >= 0.6 is 0 Å². The van der Waals surface area contributed by atoms with Crippen LogP contribution in [0.4, 0.5) is 0 Å². The highest BCUT2D eigenvalue weighted by atomic mass is 16.5. The zero-order valence-corrected chi connectivity index (χ0v) is 20.6. The van der Waals surface area contributed by atoms with E-state index in [1.165, 1.54) is 11.1 Å². The third-order valence-corrected chi connectivity index (χ3v) is 5.65. The largest absolute Gasteiger partial charge is 0.426 e. The first kappa shape index (κ1) is 25.6.